The third-order valence-corrected chi connectivity index (χ3v) is 5.96. The molecular weight excluding hydrogens is 306 g/mol. The van der Waals surface area contributed by atoms with E-state index in [1.807, 2.05) is 31.2 Å². The third-order valence-electron chi connectivity index (χ3n) is 4.77. The maximum absolute atomic E-state index is 13.1. The van der Waals surface area contributed by atoms with Gasteiger partial charge in [-0.2, -0.15) is 9.61 Å². The van der Waals surface area contributed by atoms with Crippen LogP contribution in [0.5, 0.6) is 0 Å². The Kier molecular flexibility index (Phi) is 2.65. The molecule has 4 nitrogen and oxygen atoms in total. The molecular formula is C18H15N3OS. The van der Waals surface area contributed by atoms with E-state index < -0.39 is 0 Å². The number of fused-ring (bicyclic) bond motifs is 6. The van der Waals surface area contributed by atoms with Crippen LogP contribution >= 0.6 is 11.3 Å². The molecule has 0 saturated heterocycles. The van der Waals surface area contributed by atoms with E-state index in [-0.39, 0.29) is 5.56 Å². The molecule has 0 radical (unpaired) electrons. The molecule has 3 heterocycles. The topological polar surface area (TPSA) is 47.3 Å². The Morgan fingerprint density at radius 1 is 1.13 bits per heavy atom. The van der Waals surface area contributed by atoms with Gasteiger partial charge in [-0.25, -0.2) is 4.98 Å². The predicted molar refractivity (Wildman–Crippen MR) is 93.5 cm³/mol. The van der Waals surface area contributed by atoms with Crippen LogP contribution in [-0.2, 0) is 12.8 Å². The number of nitrogens with zero attached hydrogens (tertiary/aromatic N) is 3. The number of thiophene rings is 1. The molecule has 1 aliphatic carbocycles. The fourth-order valence-corrected chi connectivity index (χ4v) is 4.91. The van der Waals surface area contributed by atoms with Crippen molar-refractivity contribution in [1.82, 2.24) is 14.6 Å². The van der Waals surface area contributed by atoms with Crippen LogP contribution in [0.1, 0.15) is 29.0 Å². The summed E-state index contributed by atoms with van der Waals surface area (Å²) in [4.78, 5) is 20.1. The zero-order chi connectivity index (χ0) is 15.6. The van der Waals surface area contributed by atoms with E-state index in [1.165, 1.54) is 21.4 Å². The summed E-state index contributed by atoms with van der Waals surface area (Å²) < 4.78 is 1.50. The van der Waals surface area contributed by atoms with Crippen molar-refractivity contribution in [3.8, 4) is 0 Å². The molecule has 0 N–H and O–H groups in total. The molecule has 5 heteroatoms. The highest BCUT2D eigenvalue weighted by atomic mass is 32.1. The van der Waals surface area contributed by atoms with Crippen LogP contribution < -0.4 is 5.56 Å². The van der Waals surface area contributed by atoms with Gasteiger partial charge in [0.25, 0.3) is 5.56 Å². The summed E-state index contributed by atoms with van der Waals surface area (Å²) in [5, 5.41) is 7.37. The first kappa shape index (κ1) is 13.2. The van der Waals surface area contributed by atoms with Gasteiger partial charge in [-0.05, 0) is 38.2 Å². The maximum atomic E-state index is 13.1. The summed E-state index contributed by atoms with van der Waals surface area (Å²) in [5.74, 6) is 0. The maximum Gasteiger partial charge on any atom is 0.283 e. The number of aromatic nitrogens is 3. The van der Waals surface area contributed by atoms with Crippen LogP contribution in [0, 0.1) is 6.92 Å². The lowest BCUT2D eigenvalue weighted by Crippen LogP contribution is -2.19. The van der Waals surface area contributed by atoms with E-state index in [4.69, 9.17) is 4.98 Å². The predicted octanol–water partition coefficient (Wildman–Crippen LogP) is 3.64. The molecule has 23 heavy (non-hydrogen) atoms. The van der Waals surface area contributed by atoms with E-state index >= 15 is 0 Å². The lowest BCUT2D eigenvalue weighted by Gasteiger charge is -2.10. The lowest BCUT2D eigenvalue weighted by atomic mass is 9.97. The fourth-order valence-electron chi connectivity index (χ4n) is 3.66. The summed E-state index contributed by atoms with van der Waals surface area (Å²) in [6.45, 7) is 1.95. The Morgan fingerprint density at radius 3 is 2.78 bits per heavy atom. The quantitative estimate of drug-likeness (QED) is 0.465. The molecule has 0 bridgehead atoms. The third kappa shape index (κ3) is 1.74. The highest BCUT2D eigenvalue weighted by molar-refractivity contribution is 7.18. The average Bonchev–Trinajstić information content (AvgIpc) is 2.95. The number of aryl methyl sites for hydroxylation is 3. The van der Waals surface area contributed by atoms with Crippen molar-refractivity contribution in [1.29, 1.82) is 0 Å². The Hall–Kier alpha value is -2.27. The van der Waals surface area contributed by atoms with Gasteiger partial charge in [0.1, 0.15) is 4.83 Å². The molecule has 0 unspecified atom stereocenters. The number of rotatable bonds is 0. The van der Waals surface area contributed by atoms with Crippen molar-refractivity contribution in [2.45, 2.75) is 32.6 Å². The van der Waals surface area contributed by atoms with E-state index in [2.05, 4.69) is 5.10 Å². The van der Waals surface area contributed by atoms with Gasteiger partial charge >= 0.3 is 0 Å². The number of hydrogen-bond donors (Lipinski definition) is 0. The molecule has 0 atom stereocenters. The summed E-state index contributed by atoms with van der Waals surface area (Å²) >= 11 is 1.69. The van der Waals surface area contributed by atoms with Crippen LogP contribution in [-0.4, -0.2) is 14.6 Å². The van der Waals surface area contributed by atoms with Crippen LogP contribution in [0.2, 0.25) is 0 Å². The van der Waals surface area contributed by atoms with E-state index in [0.29, 0.717) is 5.65 Å². The number of hydrogen-bond acceptors (Lipinski definition) is 4. The average molecular weight is 321 g/mol. The minimum Gasteiger partial charge on any atom is -0.267 e. The Bertz CT molecular complexity index is 1160. The van der Waals surface area contributed by atoms with Gasteiger partial charge in [0.2, 0.25) is 0 Å². The number of benzene rings is 1. The molecule has 1 aliphatic rings. The molecule has 0 fully saturated rings. The van der Waals surface area contributed by atoms with Gasteiger partial charge < -0.3 is 0 Å². The van der Waals surface area contributed by atoms with Crippen LogP contribution in [0.15, 0.2) is 29.1 Å². The minimum absolute atomic E-state index is 0.0155. The Morgan fingerprint density at radius 2 is 1.91 bits per heavy atom. The molecule has 3 aromatic heterocycles. The molecule has 0 saturated carbocycles. The second kappa shape index (κ2) is 4.61. The Labute approximate surface area is 136 Å². The summed E-state index contributed by atoms with van der Waals surface area (Å²) in [5.41, 5.74) is 2.73. The highest BCUT2D eigenvalue weighted by Gasteiger charge is 2.21. The SMILES string of the molecule is Cc1nn2c(=O)c3c4c(sc3nc2c2ccccc12)CCCC4. The molecule has 114 valence electrons. The Balaban J connectivity index is 2.03. The van der Waals surface area contributed by atoms with Gasteiger partial charge in [-0.15, -0.1) is 11.3 Å². The lowest BCUT2D eigenvalue weighted by molar-refractivity contribution is 0.699. The van der Waals surface area contributed by atoms with E-state index in [0.717, 1.165) is 45.9 Å². The van der Waals surface area contributed by atoms with Crippen molar-refractivity contribution in [3.63, 3.8) is 0 Å². The monoisotopic (exact) mass is 321 g/mol. The molecule has 0 aliphatic heterocycles. The van der Waals surface area contributed by atoms with E-state index in [1.54, 1.807) is 11.3 Å². The van der Waals surface area contributed by atoms with Gasteiger partial charge in [-0.1, -0.05) is 24.3 Å². The molecule has 5 rings (SSSR count). The first-order valence-electron chi connectivity index (χ1n) is 7.96. The van der Waals surface area contributed by atoms with Crippen molar-refractivity contribution in [3.05, 3.63) is 50.8 Å². The summed E-state index contributed by atoms with van der Waals surface area (Å²) in [6, 6.07) is 8.03. The first-order valence-corrected chi connectivity index (χ1v) is 8.78. The zero-order valence-corrected chi connectivity index (χ0v) is 13.6. The second-order valence-electron chi connectivity index (χ2n) is 6.17. The van der Waals surface area contributed by atoms with Gasteiger partial charge in [-0.3, -0.25) is 4.79 Å². The largest absolute Gasteiger partial charge is 0.283 e. The second-order valence-corrected chi connectivity index (χ2v) is 7.26. The fraction of sp³-hybridized carbons (Fsp3) is 0.278. The van der Waals surface area contributed by atoms with Gasteiger partial charge in [0.05, 0.1) is 11.1 Å². The smallest absolute Gasteiger partial charge is 0.267 e. The molecule has 1 aromatic carbocycles. The van der Waals surface area contributed by atoms with Crippen LogP contribution in [0.3, 0.4) is 0 Å². The molecule has 0 amide bonds. The van der Waals surface area contributed by atoms with Crippen molar-refractivity contribution >= 4 is 38.0 Å². The van der Waals surface area contributed by atoms with Crippen molar-refractivity contribution in [2.75, 3.05) is 0 Å². The summed E-state index contributed by atoms with van der Waals surface area (Å²) in [7, 11) is 0. The van der Waals surface area contributed by atoms with Crippen molar-refractivity contribution in [2.24, 2.45) is 0 Å². The summed E-state index contributed by atoms with van der Waals surface area (Å²) in [6.07, 6.45) is 4.43. The van der Waals surface area contributed by atoms with Gasteiger partial charge in [0.15, 0.2) is 5.65 Å². The standard InChI is InChI=1S/C18H15N3OS/c1-10-11-6-2-3-7-12(11)16-19-17-15(18(22)21(16)20-10)13-8-4-5-9-14(13)23-17/h2-3,6-7H,4-5,8-9H2,1H3. The normalized spacial score (nSPS) is 14.7. The minimum atomic E-state index is -0.0155. The highest BCUT2D eigenvalue weighted by Crippen LogP contribution is 2.34. The zero-order valence-electron chi connectivity index (χ0n) is 12.8. The molecule has 0 spiro atoms. The van der Waals surface area contributed by atoms with Crippen LogP contribution in [0.25, 0.3) is 26.6 Å². The molecule has 4 aromatic rings. The first-order chi connectivity index (χ1) is 11.2. The van der Waals surface area contributed by atoms with Gasteiger partial charge in [0, 0.05) is 15.6 Å². The van der Waals surface area contributed by atoms with Crippen LogP contribution in [0.4, 0.5) is 0 Å². The van der Waals surface area contributed by atoms with E-state index in [9.17, 15) is 4.79 Å². The van der Waals surface area contributed by atoms with Crippen molar-refractivity contribution < 1.29 is 0 Å².